The molecule has 0 aromatic heterocycles. The SMILES string of the molecule is C=CCN(CCCCCCCCCCCCCCCC(C)C)CCCCCCCCCCCCCCCC(C)C.Cl. The molecule has 0 heterocycles. The third kappa shape index (κ3) is 38.0. The first-order valence-electron chi connectivity index (χ1n) is 18.9. The molecule has 0 aliphatic heterocycles. The Hall–Kier alpha value is -0.0100. The molecule has 0 saturated heterocycles. The Morgan fingerprint density at radius 2 is 0.610 bits per heavy atom. The minimum atomic E-state index is 0. The summed E-state index contributed by atoms with van der Waals surface area (Å²) in [6.45, 7) is 17.0. The quantitative estimate of drug-likeness (QED) is 0.0526. The summed E-state index contributed by atoms with van der Waals surface area (Å²) in [7, 11) is 0. The van der Waals surface area contributed by atoms with E-state index in [4.69, 9.17) is 0 Å². The van der Waals surface area contributed by atoms with Crippen molar-refractivity contribution in [3.63, 3.8) is 0 Å². The average Bonchev–Trinajstić information content (AvgIpc) is 2.92. The summed E-state index contributed by atoms with van der Waals surface area (Å²) in [4.78, 5) is 2.65. The van der Waals surface area contributed by atoms with Gasteiger partial charge in [0.15, 0.2) is 0 Å². The van der Waals surface area contributed by atoms with E-state index in [1.165, 1.54) is 193 Å². The number of halogens is 1. The van der Waals surface area contributed by atoms with Crippen LogP contribution in [0.4, 0.5) is 0 Å². The van der Waals surface area contributed by atoms with Crippen LogP contribution in [0.5, 0.6) is 0 Å². The molecule has 248 valence electrons. The van der Waals surface area contributed by atoms with Crippen molar-refractivity contribution in [2.24, 2.45) is 11.8 Å². The zero-order valence-corrected chi connectivity index (χ0v) is 30.0. The molecule has 41 heavy (non-hydrogen) atoms. The number of hydrogen-bond donors (Lipinski definition) is 0. The van der Waals surface area contributed by atoms with Crippen molar-refractivity contribution in [2.75, 3.05) is 19.6 Å². The highest BCUT2D eigenvalue weighted by Gasteiger charge is 2.03. The van der Waals surface area contributed by atoms with Gasteiger partial charge in [-0.1, -0.05) is 201 Å². The lowest BCUT2D eigenvalue weighted by atomic mass is 10.0. The molecular formula is C39H80ClN. The van der Waals surface area contributed by atoms with Gasteiger partial charge in [-0.2, -0.15) is 0 Å². The van der Waals surface area contributed by atoms with Gasteiger partial charge in [0.25, 0.3) is 0 Å². The van der Waals surface area contributed by atoms with Crippen molar-refractivity contribution in [2.45, 2.75) is 207 Å². The van der Waals surface area contributed by atoms with E-state index in [0.717, 1.165) is 18.4 Å². The molecule has 0 N–H and O–H groups in total. The Labute approximate surface area is 268 Å². The molecule has 0 aliphatic rings. The number of nitrogens with zero attached hydrogens (tertiary/aromatic N) is 1. The predicted octanol–water partition coefficient (Wildman–Crippen LogP) is 14.1. The molecule has 0 fully saturated rings. The summed E-state index contributed by atoms with van der Waals surface area (Å²) in [5.41, 5.74) is 0. The highest BCUT2D eigenvalue weighted by Crippen LogP contribution is 2.16. The first kappa shape index (κ1) is 43.1. The van der Waals surface area contributed by atoms with E-state index in [9.17, 15) is 0 Å². The van der Waals surface area contributed by atoms with E-state index in [2.05, 4.69) is 45.2 Å². The Kier molecular flexibility index (Phi) is 38.1. The molecular weight excluding hydrogens is 518 g/mol. The van der Waals surface area contributed by atoms with E-state index in [1.54, 1.807) is 0 Å². The zero-order valence-electron chi connectivity index (χ0n) is 29.2. The van der Waals surface area contributed by atoms with Gasteiger partial charge in [0.1, 0.15) is 0 Å². The van der Waals surface area contributed by atoms with E-state index in [1.807, 2.05) is 0 Å². The van der Waals surface area contributed by atoms with E-state index in [0.29, 0.717) is 0 Å². The second kappa shape index (κ2) is 36.2. The minimum Gasteiger partial charge on any atom is -0.300 e. The maximum atomic E-state index is 4.01. The van der Waals surface area contributed by atoms with E-state index in [-0.39, 0.29) is 12.4 Å². The van der Waals surface area contributed by atoms with Gasteiger partial charge in [0.2, 0.25) is 0 Å². The molecule has 1 nitrogen and oxygen atoms in total. The Balaban J connectivity index is 0. The van der Waals surface area contributed by atoms with Crippen LogP contribution in [0, 0.1) is 11.8 Å². The summed E-state index contributed by atoms with van der Waals surface area (Å²) < 4.78 is 0. The molecule has 0 amide bonds. The molecule has 0 aromatic carbocycles. The van der Waals surface area contributed by atoms with Crippen LogP contribution >= 0.6 is 12.4 Å². The van der Waals surface area contributed by atoms with Crippen LogP contribution in [-0.2, 0) is 0 Å². The third-order valence-corrected chi connectivity index (χ3v) is 8.90. The molecule has 0 aromatic rings. The molecule has 0 radical (unpaired) electrons. The Morgan fingerprint density at radius 1 is 0.390 bits per heavy atom. The summed E-state index contributed by atoms with van der Waals surface area (Å²) in [5, 5.41) is 0. The molecule has 2 heteroatoms. The second-order valence-corrected chi connectivity index (χ2v) is 14.1. The minimum absolute atomic E-state index is 0. The normalized spacial score (nSPS) is 11.6. The summed E-state index contributed by atoms with van der Waals surface area (Å²) in [5.74, 6) is 1.78. The van der Waals surface area contributed by atoms with Gasteiger partial charge in [-0.05, 0) is 37.8 Å². The maximum absolute atomic E-state index is 4.01. The number of rotatable bonds is 34. The second-order valence-electron chi connectivity index (χ2n) is 14.1. The summed E-state index contributed by atoms with van der Waals surface area (Å²) >= 11 is 0. The molecule has 0 atom stereocenters. The van der Waals surface area contributed by atoms with E-state index >= 15 is 0 Å². The van der Waals surface area contributed by atoms with Crippen LogP contribution in [0.25, 0.3) is 0 Å². The van der Waals surface area contributed by atoms with Crippen molar-refractivity contribution in [3.05, 3.63) is 12.7 Å². The molecule has 0 saturated carbocycles. The van der Waals surface area contributed by atoms with Crippen molar-refractivity contribution < 1.29 is 0 Å². The monoisotopic (exact) mass is 598 g/mol. The fraction of sp³-hybridized carbons (Fsp3) is 0.949. The highest BCUT2D eigenvalue weighted by molar-refractivity contribution is 5.85. The molecule has 0 rings (SSSR count). The maximum Gasteiger partial charge on any atom is 0.0160 e. The zero-order chi connectivity index (χ0) is 29.4. The van der Waals surface area contributed by atoms with Gasteiger partial charge in [-0.15, -0.1) is 19.0 Å². The highest BCUT2D eigenvalue weighted by atomic mass is 35.5. The van der Waals surface area contributed by atoms with Gasteiger partial charge in [-0.25, -0.2) is 0 Å². The predicted molar refractivity (Wildman–Crippen MR) is 193 cm³/mol. The number of unbranched alkanes of at least 4 members (excludes halogenated alkanes) is 24. The van der Waals surface area contributed by atoms with Crippen LogP contribution in [-0.4, -0.2) is 24.5 Å². The van der Waals surface area contributed by atoms with Crippen LogP contribution < -0.4 is 0 Å². The smallest absolute Gasteiger partial charge is 0.0160 e. The molecule has 0 unspecified atom stereocenters. The van der Waals surface area contributed by atoms with Crippen molar-refractivity contribution in [1.82, 2.24) is 4.90 Å². The van der Waals surface area contributed by atoms with Crippen LogP contribution in [0.1, 0.15) is 207 Å². The fourth-order valence-corrected chi connectivity index (χ4v) is 6.14. The van der Waals surface area contributed by atoms with Gasteiger partial charge in [-0.3, -0.25) is 4.90 Å². The lowest BCUT2D eigenvalue weighted by Gasteiger charge is -2.20. The van der Waals surface area contributed by atoms with Crippen LogP contribution in [0.2, 0.25) is 0 Å². The van der Waals surface area contributed by atoms with Crippen molar-refractivity contribution >= 4 is 12.4 Å². The third-order valence-electron chi connectivity index (χ3n) is 8.90. The fourth-order valence-electron chi connectivity index (χ4n) is 6.14. The first-order valence-corrected chi connectivity index (χ1v) is 18.9. The van der Waals surface area contributed by atoms with Gasteiger partial charge >= 0.3 is 0 Å². The van der Waals surface area contributed by atoms with Crippen LogP contribution in [0.3, 0.4) is 0 Å². The molecule has 0 bridgehead atoms. The van der Waals surface area contributed by atoms with Gasteiger partial charge < -0.3 is 0 Å². The van der Waals surface area contributed by atoms with Crippen LogP contribution in [0.15, 0.2) is 12.7 Å². The Bertz CT molecular complexity index is 436. The standard InChI is InChI=1S/C39H79N.ClH/c1-6-35-40(36-31-27-23-19-15-11-7-9-13-17-21-25-29-33-38(2)3)37-32-28-24-20-16-12-8-10-14-18-22-26-30-34-39(4)5;/h6,38-39H,1,7-37H2,2-5H3;1H. The lowest BCUT2D eigenvalue weighted by molar-refractivity contribution is 0.286. The lowest BCUT2D eigenvalue weighted by Crippen LogP contribution is -2.26. The largest absolute Gasteiger partial charge is 0.300 e. The first-order chi connectivity index (χ1) is 19.6. The van der Waals surface area contributed by atoms with E-state index < -0.39 is 0 Å². The average molecular weight is 599 g/mol. The Morgan fingerprint density at radius 3 is 0.829 bits per heavy atom. The summed E-state index contributed by atoms with van der Waals surface area (Å²) in [6, 6.07) is 0. The number of hydrogen-bond acceptors (Lipinski definition) is 1. The molecule has 0 spiro atoms. The molecule has 0 aliphatic carbocycles. The van der Waals surface area contributed by atoms with Gasteiger partial charge in [0, 0.05) is 6.54 Å². The van der Waals surface area contributed by atoms with Crippen molar-refractivity contribution in [1.29, 1.82) is 0 Å². The summed E-state index contributed by atoms with van der Waals surface area (Å²) in [6.07, 6.45) is 42.7. The topological polar surface area (TPSA) is 3.24 Å². The van der Waals surface area contributed by atoms with Crippen molar-refractivity contribution in [3.8, 4) is 0 Å². The van der Waals surface area contributed by atoms with Gasteiger partial charge in [0.05, 0.1) is 0 Å².